The van der Waals surface area contributed by atoms with E-state index in [9.17, 15) is 13.6 Å². The van der Waals surface area contributed by atoms with Crippen LogP contribution in [0.4, 0.5) is 8.78 Å². The highest BCUT2D eigenvalue weighted by Crippen LogP contribution is 2.21. The Bertz CT molecular complexity index is 255. The highest BCUT2D eigenvalue weighted by molar-refractivity contribution is 7.99. The normalized spacial score (nSPS) is 13.2. The number of hydrogen-bond acceptors (Lipinski definition) is 3. The Kier molecular flexibility index (Phi) is 11.2. The molecule has 2 nitrogen and oxygen atoms in total. The summed E-state index contributed by atoms with van der Waals surface area (Å²) < 4.78 is 30.3. The maximum atomic E-state index is 12.6. The molecule has 0 rings (SSSR count). The van der Waals surface area contributed by atoms with Gasteiger partial charge in [0, 0.05) is 18.1 Å². The van der Waals surface area contributed by atoms with Gasteiger partial charge in [0.1, 0.15) is 6.61 Å². The van der Waals surface area contributed by atoms with Crippen molar-refractivity contribution in [1.29, 1.82) is 0 Å². The molecule has 0 saturated heterocycles. The lowest BCUT2D eigenvalue weighted by atomic mass is 10.2. The molecule has 0 amide bonds. The van der Waals surface area contributed by atoms with Crippen LogP contribution in [0.5, 0.6) is 0 Å². The van der Waals surface area contributed by atoms with Crippen molar-refractivity contribution in [2.24, 2.45) is 0 Å². The Balaban J connectivity index is 3.45. The van der Waals surface area contributed by atoms with Crippen molar-refractivity contribution in [3.63, 3.8) is 0 Å². The van der Waals surface area contributed by atoms with Gasteiger partial charge in [-0.3, -0.25) is 4.79 Å². The first-order valence-corrected chi connectivity index (χ1v) is 8.55. The molecule has 0 radical (unpaired) electrons. The van der Waals surface area contributed by atoms with Crippen LogP contribution < -0.4 is 0 Å². The van der Waals surface area contributed by atoms with Crippen molar-refractivity contribution >= 4 is 17.7 Å². The van der Waals surface area contributed by atoms with Crippen LogP contribution in [0.15, 0.2) is 0 Å². The SMILES string of the molecule is CCCCCC(=O)OCC(C)SCCCCC(C)(F)F. The van der Waals surface area contributed by atoms with Crippen molar-refractivity contribution < 1.29 is 18.3 Å². The number of halogens is 2. The summed E-state index contributed by atoms with van der Waals surface area (Å²) in [6.45, 7) is 5.47. The molecule has 5 heteroatoms. The van der Waals surface area contributed by atoms with Gasteiger partial charge in [-0.15, -0.1) is 0 Å². The average Bonchev–Trinajstić information content (AvgIpc) is 2.35. The molecule has 0 aliphatic heterocycles. The van der Waals surface area contributed by atoms with Crippen LogP contribution in [0.3, 0.4) is 0 Å². The van der Waals surface area contributed by atoms with E-state index in [2.05, 4.69) is 6.92 Å². The number of hydrogen-bond donors (Lipinski definition) is 0. The Labute approximate surface area is 126 Å². The van der Waals surface area contributed by atoms with Crippen LogP contribution in [-0.4, -0.2) is 29.5 Å². The Hall–Kier alpha value is -0.320. The third-order valence-corrected chi connectivity index (χ3v) is 4.11. The van der Waals surface area contributed by atoms with Crippen LogP contribution in [0.1, 0.15) is 65.7 Å². The second-order valence-electron chi connectivity index (χ2n) is 5.35. The summed E-state index contributed by atoms with van der Waals surface area (Å²) in [6, 6.07) is 0. The summed E-state index contributed by atoms with van der Waals surface area (Å²) in [5.41, 5.74) is 0. The summed E-state index contributed by atoms with van der Waals surface area (Å²) in [4.78, 5) is 11.4. The van der Waals surface area contributed by atoms with Crippen LogP contribution >= 0.6 is 11.8 Å². The first kappa shape index (κ1) is 19.7. The lowest BCUT2D eigenvalue weighted by Gasteiger charge is -2.13. The van der Waals surface area contributed by atoms with Crippen LogP contribution in [-0.2, 0) is 9.53 Å². The molecule has 0 N–H and O–H groups in total. The lowest BCUT2D eigenvalue weighted by molar-refractivity contribution is -0.143. The largest absolute Gasteiger partial charge is 0.465 e. The van der Waals surface area contributed by atoms with Crippen molar-refractivity contribution in [3.8, 4) is 0 Å². The number of alkyl halides is 2. The molecule has 0 saturated carbocycles. The first-order chi connectivity index (χ1) is 9.35. The number of thioether (sulfide) groups is 1. The second-order valence-corrected chi connectivity index (χ2v) is 6.90. The number of rotatable bonds is 12. The van der Waals surface area contributed by atoms with E-state index >= 15 is 0 Å². The lowest BCUT2D eigenvalue weighted by Crippen LogP contribution is -2.14. The van der Waals surface area contributed by atoms with E-state index < -0.39 is 5.92 Å². The summed E-state index contributed by atoms with van der Waals surface area (Å²) >= 11 is 1.68. The predicted molar refractivity (Wildman–Crippen MR) is 81.5 cm³/mol. The number of ether oxygens (including phenoxy) is 1. The van der Waals surface area contributed by atoms with E-state index in [1.165, 1.54) is 0 Å². The van der Waals surface area contributed by atoms with E-state index in [0.717, 1.165) is 38.4 Å². The number of unbranched alkanes of at least 4 members (excludes halogenated alkanes) is 3. The molecule has 0 aromatic rings. The molecule has 0 fully saturated rings. The third-order valence-electron chi connectivity index (χ3n) is 2.88. The van der Waals surface area contributed by atoms with Crippen molar-refractivity contribution in [3.05, 3.63) is 0 Å². The van der Waals surface area contributed by atoms with Gasteiger partial charge in [0.25, 0.3) is 0 Å². The Morgan fingerprint density at radius 3 is 2.55 bits per heavy atom. The molecule has 0 spiro atoms. The fraction of sp³-hybridized carbons (Fsp3) is 0.933. The monoisotopic (exact) mass is 310 g/mol. The van der Waals surface area contributed by atoms with E-state index in [-0.39, 0.29) is 17.6 Å². The van der Waals surface area contributed by atoms with Gasteiger partial charge in [0.2, 0.25) is 5.92 Å². The van der Waals surface area contributed by atoms with Crippen LogP contribution in [0.2, 0.25) is 0 Å². The Morgan fingerprint density at radius 2 is 1.95 bits per heavy atom. The minimum Gasteiger partial charge on any atom is -0.465 e. The van der Waals surface area contributed by atoms with E-state index in [1.807, 2.05) is 6.92 Å². The standard InChI is InChI=1S/C15H28F2O2S/c1-4-5-6-9-14(18)19-12-13(2)20-11-8-7-10-15(3,16)17/h13H,4-12H2,1-3H3. The van der Waals surface area contributed by atoms with E-state index in [1.54, 1.807) is 11.8 Å². The molecule has 0 aromatic carbocycles. The fourth-order valence-corrected chi connectivity index (χ4v) is 2.61. The molecular formula is C15H28F2O2S. The molecule has 0 bridgehead atoms. The number of carbonyl (C=O) groups is 1. The molecule has 1 unspecified atom stereocenters. The van der Waals surface area contributed by atoms with E-state index in [4.69, 9.17) is 4.74 Å². The maximum absolute atomic E-state index is 12.6. The fourth-order valence-electron chi connectivity index (χ4n) is 1.67. The Morgan fingerprint density at radius 1 is 1.25 bits per heavy atom. The zero-order valence-corrected chi connectivity index (χ0v) is 13.7. The van der Waals surface area contributed by atoms with Gasteiger partial charge >= 0.3 is 5.97 Å². The third kappa shape index (κ3) is 14.1. The topological polar surface area (TPSA) is 26.3 Å². The van der Waals surface area contributed by atoms with Gasteiger partial charge in [0.05, 0.1) is 0 Å². The van der Waals surface area contributed by atoms with Gasteiger partial charge in [0.15, 0.2) is 0 Å². The summed E-state index contributed by atoms with van der Waals surface area (Å²) in [7, 11) is 0. The van der Waals surface area contributed by atoms with Crippen LogP contribution in [0.25, 0.3) is 0 Å². The first-order valence-electron chi connectivity index (χ1n) is 7.50. The molecule has 1 atom stereocenters. The van der Waals surface area contributed by atoms with Gasteiger partial charge in [-0.05, 0) is 38.9 Å². The van der Waals surface area contributed by atoms with E-state index in [0.29, 0.717) is 19.4 Å². The molecule has 0 aliphatic carbocycles. The highest BCUT2D eigenvalue weighted by atomic mass is 32.2. The molecule has 0 aromatic heterocycles. The minimum absolute atomic E-state index is 0.0473. The molecule has 0 heterocycles. The second kappa shape index (κ2) is 11.4. The van der Waals surface area contributed by atoms with Crippen molar-refractivity contribution in [2.75, 3.05) is 12.4 Å². The van der Waals surface area contributed by atoms with Crippen molar-refractivity contribution in [2.45, 2.75) is 76.9 Å². The predicted octanol–water partition coefficient (Wildman–Crippen LogP) is 5.06. The summed E-state index contributed by atoms with van der Waals surface area (Å²) in [5, 5.41) is 0.229. The minimum atomic E-state index is -2.55. The maximum Gasteiger partial charge on any atom is 0.305 e. The molecular weight excluding hydrogens is 282 g/mol. The van der Waals surface area contributed by atoms with Gasteiger partial charge in [-0.1, -0.05) is 19.8 Å². The highest BCUT2D eigenvalue weighted by Gasteiger charge is 2.19. The van der Waals surface area contributed by atoms with Crippen molar-refractivity contribution in [1.82, 2.24) is 0 Å². The number of esters is 1. The van der Waals surface area contributed by atoms with Gasteiger partial charge < -0.3 is 4.74 Å². The van der Waals surface area contributed by atoms with Gasteiger partial charge in [-0.2, -0.15) is 11.8 Å². The van der Waals surface area contributed by atoms with Gasteiger partial charge in [-0.25, -0.2) is 8.78 Å². The molecule has 0 aliphatic rings. The zero-order chi connectivity index (χ0) is 15.4. The smallest absolute Gasteiger partial charge is 0.305 e. The zero-order valence-electron chi connectivity index (χ0n) is 12.9. The quantitative estimate of drug-likeness (QED) is 0.372. The molecule has 120 valence electrons. The summed E-state index contributed by atoms with van der Waals surface area (Å²) in [5.74, 6) is -1.84. The molecule has 20 heavy (non-hydrogen) atoms. The van der Waals surface area contributed by atoms with Crippen LogP contribution in [0, 0.1) is 0 Å². The number of carbonyl (C=O) groups excluding carboxylic acids is 1. The summed E-state index contributed by atoms with van der Waals surface area (Å²) in [6.07, 6.45) is 4.81. The average molecular weight is 310 g/mol.